The van der Waals surface area contributed by atoms with Gasteiger partial charge in [0.2, 0.25) is 0 Å². The van der Waals surface area contributed by atoms with Crippen molar-refractivity contribution in [3.63, 3.8) is 0 Å². The summed E-state index contributed by atoms with van der Waals surface area (Å²) < 4.78 is 0. The molecule has 0 aliphatic carbocycles. The Kier molecular flexibility index (Phi) is 4.86. The van der Waals surface area contributed by atoms with Gasteiger partial charge in [0, 0.05) is 11.1 Å². The Bertz CT molecular complexity index is 344. The number of likely N-dealkylation sites (N-methyl/N-ethyl adjacent to an activating group) is 1. The number of hydrogen-bond donors (Lipinski definition) is 1. The monoisotopic (exact) mass is 223 g/mol. The van der Waals surface area contributed by atoms with Crippen LogP contribution in [0, 0.1) is 6.92 Å². The van der Waals surface area contributed by atoms with Gasteiger partial charge in [-0.25, -0.2) is 0 Å². The van der Waals surface area contributed by atoms with Crippen LogP contribution in [0.2, 0.25) is 5.02 Å². The highest BCUT2D eigenvalue weighted by Gasteiger charge is 1.96. The first-order chi connectivity index (χ1) is 7.13. The zero-order valence-electron chi connectivity index (χ0n) is 9.55. The average Bonchev–Trinajstić information content (AvgIpc) is 2.20. The molecule has 0 aliphatic heterocycles. The van der Waals surface area contributed by atoms with Gasteiger partial charge in [0.15, 0.2) is 0 Å². The molecule has 1 unspecified atom stereocenters. The number of hydrogen-bond acceptors (Lipinski definition) is 1. The summed E-state index contributed by atoms with van der Waals surface area (Å²) in [6.07, 6.45) is 4.24. The molecule has 1 N–H and O–H groups in total. The molecule has 1 atom stereocenters. The van der Waals surface area contributed by atoms with E-state index in [9.17, 15) is 0 Å². The third-order valence-corrected chi connectivity index (χ3v) is 2.71. The zero-order valence-corrected chi connectivity index (χ0v) is 10.3. The van der Waals surface area contributed by atoms with E-state index in [1.807, 2.05) is 19.1 Å². The van der Waals surface area contributed by atoms with Gasteiger partial charge in [-0.1, -0.05) is 42.8 Å². The van der Waals surface area contributed by atoms with Crippen LogP contribution in [0.1, 0.15) is 25.0 Å². The van der Waals surface area contributed by atoms with Gasteiger partial charge in [-0.3, -0.25) is 0 Å². The quantitative estimate of drug-likeness (QED) is 0.822. The summed E-state index contributed by atoms with van der Waals surface area (Å²) in [6.45, 7) is 7.24. The molecule has 1 rings (SSSR count). The lowest BCUT2D eigenvalue weighted by molar-refractivity contribution is 0.663. The first-order valence-electron chi connectivity index (χ1n) is 5.31. The lowest BCUT2D eigenvalue weighted by Crippen LogP contribution is -2.22. The van der Waals surface area contributed by atoms with E-state index < -0.39 is 0 Å². The van der Waals surface area contributed by atoms with Crippen LogP contribution in [0.3, 0.4) is 0 Å². The van der Waals surface area contributed by atoms with Crippen molar-refractivity contribution in [2.75, 3.05) is 6.54 Å². The SMILES string of the molecule is CCNC(C)/C=C/c1ccc(C)c(Cl)c1. The normalized spacial score (nSPS) is 13.3. The van der Waals surface area contributed by atoms with Gasteiger partial charge < -0.3 is 5.32 Å². The Morgan fingerprint density at radius 1 is 1.47 bits per heavy atom. The highest BCUT2D eigenvalue weighted by Crippen LogP contribution is 2.17. The summed E-state index contributed by atoms with van der Waals surface area (Å²) in [6, 6.07) is 6.51. The Morgan fingerprint density at radius 2 is 2.20 bits per heavy atom. The van der Waals surface area contributed by atoms with E-state index in [2.05, 4.69) is 37.4 Å². The number of rotatable bonds is 4. The van der Waals surface area contributed by atoms with E-state index in [1.165, 1.54) is 0 Å². The van der Waals surface area contributed by atoms with Crippen LogP contribution < -0.4 is 5.32 Å². The number of halogens is 1. The summed E-state index contributed by atoms with van der Waals surface area (Å²) >= 11 is 6.04. The fourth-order valence-corrected chi connectivity index (χ4v) is 1.55. The standard InChI is InChI=1S/C13H18ClN/c1-4-15-11(3)6-8-12-7-5-10(2)13(14)9-12/h5-9,11,15H,4H2,1-3H3/b8-6+. The number of nitrogens with one attached hydrogen (secondary N) is 1. The topological polar surface area (TPSA) is 12.0 Å². The first kappa shape index (κ1) is 12.3. The lowest BCUT2D eigenvalue weighted by Gasteiger charge is -2.06. The molecule has 0 heterocycles. The first-order valence-corrected chi connectivity index (χ1v) is 5.69. The van der Waals surface area contributed by atoms with Crippen molar-refractivity contribution < 1.29 is 0 Å². The summed E-state index contributed by atoms with van der Waals surface area (Å²) in [5.74, 6) is 0. The molecule has 0 radical (unpaired) electrons. The molecule has 1 aromatic carbocycles. The van der Waals surface area contributed by atoms with Crippen LogP contribution in [-0.2, 0) is 0 Å². The summed E-state index contributed by atoms with van der Waals surface area (Å²) in [5.41, 5.74) is 2.27. The molecule has 0 bridgehead atoms. The van der Waals surface area contributed by atoms with Crippen LogP contribution in [0.15, 0.2) is 24.3 Å². The van der Waals surface area contributed by atoms with Crippen molar-refractivity contribution in [3.8, 4) is 0 Å². The fraction of sp³-hybridized carbons (Fsp3) is 0.385. The summed E-state index contributed by atoms with van der Waals surface area (Å²) in [4.78, 5) is 0. The van der Waals surface area contributed by atoms with E-state index in [0.29, 0.717) is 6.04 Å². The predicted molar refractivity (Wildman–Crippen MR) is 68.4 cm³/mol. The number of aryl methyl sites for hydroxylation is 1. The lowest BCUT2D eigenvalue weighted by atomic mass is 10.1. The zero-order chi connectivity index (χ0) is 11.3. The maximum atomic E-state index is 6.04. The Hall–Kier alpha value is -0.790. The molecule has 0 saturated heterocycles. The van der Waals surface area contributed by atoms with Crippen LogP contribution in [-0.4, -0.2) is 12.6 Å². The van der Waals surface area contributed by atoms with Crippen molar-refractivity contribution in [2.45, 2.75) is 26.8 Å². The third-order valence-electron chi connectivity index (χ3n) is 2.30. The van der Waals surface area contributed by atoms with Crippen LogP contribution >= 0.6 is 11.6 Å². The van der Waals surface area contributed by atoms with Gasteiger partial charge in [-0.15, -0.1) is 0 Å². The minimum Gasteiger partial charge on any atom is -0.311 e. The van der Waals surface area contributed by atoms with Gasteiger partial charge in [0.25, 0.3) is 0 Å². The highest BCUT2D eigenvalue weighted by molar-refractivity contribution is 6.31. The second kappa shape index (κ2) is 5.94. The molecule has 0 fully saturated rings. The van der Waals surface area contributed by atoms with Crippen molar-refractivity contribution in [1.29, 1.82) is 0 Å². The van der Waals surface area contributed by atoms with Gasteiger partial charge >= 0.3 is 0 Å². The average molecular weight is 224 g/mol. The molecule has 0 amide bonds. The maximum Gasteiger partial charge on any atom is 0.0441 e. The highest BCUT2D eigenvalue weighted by atomic mass is 35.5. The van der Waals surface area contributed by atoms with Crippen LogP contribution in [0.25, 0.3) is 6.08 Å². The van der Waals surface area contributed by atoms with E-state index in [1.54, 1.807) is 0 Å². The van der Waals surface area contributed by atoms with Crippen molar-refractivity contribution >= 4 is 17.7 Å². The Morgan fingerprint density at radius 3 is 2.80 bits per heavy atom. The molecule has 0 spiro atoms. The van der Waals surface area contributed by atoms with E-state index in [-0.39, 0.29) is 0 Å². The summed E-state index contributed by atoms with van der Waals surface area (Å²) in [5, 5.41) is 4.15. The van der Waals surface area contributed by atoms with E-state index in [4.69, 9.17) is 11.6 Å². The largest absolute Gasteiger partial charge is 0.311 e. The minimum atomic E-state index is 0.398. The summed E-state index contributed by atoms with van der Waals surface area (Å²) in [7, 11) is 0. The maximum absolute atomic E-state index is 6.04. The molecule has 2 heteroatoms. The van der Waals surface area contributed by atoms with Crippen LogP contribution in [0.4, 0.5) is 0 Å². The molecule has 82 valence electrons. The molecular weight excluding hydrogens is 206 g/mol. The third kappa shape index (κ3) is 4.06. The molecule has 1 nitrogen and oxygen atoms in total. The second-order valence-corrected chi connectivity index (χ2v) is 4.12. The van der Waals surface area contributed by atoms with Gasteiger partial charge in [0.05, 0.1) is 0 Å². The molecule has 15 heavy (non-hydrogen) atoms. The van der Waals surface area contributed by atoms with E-state index in [0.717, 1.165) is 22.7 Å². The minimum absolute atomic E-state index is 0.398. The van der Waals surface area contributed by atoms with Crippen molar-refractivity contribution in [2.24, 2.45) is 0 Å². The Labute approximate surface area is 97.1 Å². The molecular formula is C13H18ClN. The molecule has 0 saturated carbocycles. The second-order valence-electron chi connectivity index (χ2n) is 3.71. The Balaban J connectivity index is 2.68. The van der Waals surface area contributed by atoms with Gasteiger partial charge in [-0.2, -0.15) is 0 Å². The predicted octanol–water partition coefficient (Wildman–Crippen LogP) is 3.66. The van der Waals surface area contributed by atoms with Crippen molar-refractivity contribution in [3.05, 3.63) is 40.4 Å². The fourth-order valence-electron chi connectivity index (χ4n) is 1.36. The van der Waals surface area contributed by atoms with Crippen LogP contribution in [0.5, 0.6) is 0 Å². The molecule has 0 aromatic heterocycles. The van der Waals surface area contributed by atoms with Gasteiger partial charge in [0.1, 0.15) is 0 Å². The van der Waals surface area contributed by atoms with Crippen molar-refractivity contribution in [1.82, 2.24) is 5.32 Å². The van der Waals surface area contributed by atoms with Gasteiger partial charge in [-0.05, 0) is 37.6 Å². The smallest absolute Gasteiger partial charge is 0.0441 e. The van der Waals surface area contributed by atoms with E-state index >= 15 is 0 Å². The molecule has 0 aliphatic rings. The molecule has 1 aromatic rings. The number of benzene rings is 1.